The quantitative estimate of drug-likeness (QED) is 0.804. The van der Waals surface area contributed by atoms with Crippen molar-refractivity contribution >= 4 is 5.91 Å². The minimum Gasteiger partial charge on any atom is -0.494 e. The van der Waals surface area contributed by atoms with Crippen molar-refractivity contribution in [2.45, 2.75) is 6.04 Å². The molecular formula is C10H12F2N2O2. The van der Waals surface area contributed by atoms with Crippen LogP contribution in [-0.4, -0.2) is 20.1 Å². The summed E-state index contributed by atoms with van der Waals surface area (Å²) >= 11 is 0. The van der Waals surface area contributed by atoms with Gasteiger partial charge in [0.15, 0.2) is 11.6 Å². The van der Waals surface area contributed by atoms with Crippen molar-refractivity contribution in [2.75, 3.05) is 14.2 Å². The van der Waals surface area contributed by atoms with Gasteiger partial charge < -0.3 is 15.8 Å². The van der Waals surface area contributed by atoms with E-state index in [0.717, 1.165) is 12.1 Å². The number of nitrogens with two attached hydrogens (primary N) is 1. The molecule has 0 heterocycles. The van der Waals surface area contributed by atoms with Gasteiger partial charge in [-0.25, -0.2) is 8.78 Å². The molecule has 0 aromatic heterocycles. The number of amides is 1. The third kappa shape index (κ3) is 2.27. The number of likely N-dealkylation sites (N-methyl/N-ethyl adjacent to an activating group) is 1. The summed E-state index contributed by atoms with van der Waals surface area (Å²) in [5.41, 5.74) is 5.24. The van der Waals surface area contributed by atoms with Gasteiger partial charge in [0.2, 0.25) is 5.91 Å². The second kappa shape index (κ2) is 4.89. The molecule has 0 saturated carbocycles. The number of methoxy groups -OCH3 is 1. The summed E-state index contributed by atoms with van der Waals surface area (Å²) < 4.78 is 31.3. The predicted octanol–water partition coefficient (Wildman–Crippen LogP) is 0.719. The van der Waals surface area contributed by atoms with Crippen LogP contribution in [0.1, 0.15) is 11.6 Å². The summed E-state index contributed by atoms with van der Waals surface area (Å²) in [6.07, 6.45) is 0. The monoisotopic (exact) mass is 230 g/mol. The van der Waals surface area contributed by atoms with E-state index in [1.807, 2.05) is 0 Å². The lowest BCUT2D eigenvalue weighted by atomic mass is 10.1. The van der Waals surface area contributed by atoms with Crippen LogP contribution in [0.3, 0.4) is 0 Å². The van der Waals surface area contributed by atoms with E-state index in [4.69, 9.17) is 5.73 Å². The molecule has 1 unspecified atom stereocenters. The average Bonchev–Trinajstić information content (AvgIpc) is 2.29. The number of halogens is 2. The number of benzene rings is 1. The first kappa shape index (κ1) is 12.4. The summed E-state index contributed by atoms with van der Waals surface area (Å²) in [4.78, 5) is 11.2. The van der Waals surface area contributed by atoms with E-state index in [1.165, 1.54) is 14.2 Å². The number of nitrogens with one attached hydrogen (secondary N) is 1. The lowest BCUT2D eigenvalue weighted by Crippen LogP contribution is -2.32. The number of ether oxygens (including phenoxy) is 1. The molecule has 1 amide bonds. The van der Waals surface area contributed by atoms with E-state index in [1.54, 1.807) is 0 Å². The fraction of sp³-hybridized carbons (Fsp3) is 0.300. The Morgan fingerprint density at radius 2 is 2.06 bits per heavy atom. The highest BCUT2D eigenvalue weighted by atomic mass is 19.1. The highest BCUT2D eigenvalue weighted by Gasteiger charge is 2.20. The van der Waals surface area contributed by atoms with Gasteiger partial charge in [-0.05, 0) is 6.07 Å². The molecule has 0 aliphatic carbocycles. The van der Waals surface area contributed by atoms with Gasteiger partial charge >= 0.3 is 0 Å². The Labute approximate surface area is 91.4 Å². The minimum atomic E-state index is -1.24. The Kier molecular flexibility index (Phi) is 3.78. The van der Waals surface area contributed by atoms with E-state index in [2.05, 4.69) is 10.1 Å². The van der Waals surface area contributed by atoms with Gasteiger partial charge in [-0.2, -0.15) is 0 Å². The molecule has 1 aromatic rings. The van der Waals surface area contributed by atoms with Crippen LogP contribution in [-0.2, 0) is 4.79 Å². The van der Waals surface area contributed by atoms with Crippen molar-refractivity contribution in [1.82, 2.24) is 5.32 Å². The van der Waals surface area contributed by atoms with Crippen molar-refractivity contribution in [3.63, 3.8) is 0 Å². The molecule has 0 aliphatic heterocycles. The van der Waals surface area contributed by atoms with Crippen molar-refractivity contribution in [3.05, 3.63) is 29.3 Å². The van der Waals surface area contributed by atoms with E-state index < -0.39 is 23.6 Å². The first-order valence-electron chi connectivity index (χ1n) is 4.51. The van der Waals surface area contributed by atoms with Gasteiger partial charge in [-0.3, -0.25) is 4.79 Å². The molecule has 1 atom stereocenters. The second-order valence-corrected chi connectivity index (χ2v) is 3.10. The topological polar surface area (TPSA) is 64.4 Å². The predicted molar refractivity (Wildman–Crippen MR) is 53.9 cm³/mol. The molecule has 0 radical (unpaired) electrons. The first-order valence-corrected chi connectivity index (χ1v) is 4.51. The Hall–Kier alpha value is -1.69. The van der Waals surface area contributed by atoms with Crippen LogP contribution < -0.4 is 15.8 Å². The zero-order chi connectivity index (χ0) is 12.3. The Morgan fingerprint density at radius 1 is 1.44 bits per heavy atom. The molecule has 16 heavy (non-hydrogen) atoms. The van der Waals surface area contributed by atoms with Crippen LogP contribution in [0.2, 0.25) is 0 Å². The Morgan fingerprint density at radius 3 is 2.56 bits per heavy atom. The number of carbonyl (C=O) groups is 1. The normalized spacial score (nSPS) is 12.1. The third-order valence-corrected chi connectivity index (χ3v) is 2.14. The van der Waals surface area contributed by atoms with Crippen molar-refractivity contribution in [1.29, 1.82) is 0 Å². The van der Waals surface area contributed by atoms with Crippen LogP contribution in [0, 0.1) is 11.6 Å². The van der Waals surface area contributed by atoms with Crippen molar-refractivity contribution < 1.29 is 18.3 Å². The van der Waals surface area contributed by atoms with Crippen molar-refractivity contribution in [2.24, 2.45) is 5.73 Å². The molecular weight excluding hydrogens is 218 g/mol. The van der Waals surface area contributed by atoms with Gasteiger partial charge in [-0.1, -0.05) is 0 Å². The van der Waals surface area contributed by atoms with Crippen LogP contribution >= 0.6 is 0 Å². The maximum absolute atomic E-state index is 13.5. The fourth-order valence-corrected chi connectivity index (χ4v) is 1.24. The Balaban J connectivity index is 3.15. The number of hydrogen-bond donors (Lipinski definition) is 2. The molecule has 0 bridgehead atoms. The van der Waals surface area contributed by atoms with Crippen LogP contribution in [0.15, 0.2) is 12.1 Å². The SMILES string of the molecule is CNC(=O)C(N)c1cc(F)c(OC)cc1F. The van der Waals surface area contributed by atoms with Gasteiger partial charge in [-0.15, -0.1) is 0 Å². The molecule has 0 saturated heterocycles. The fourth-order valence-electron chi connectivity index (χ4n) is 1.24. The lowest BCUT2D eigenvalue weighted by molar-refractivity contribution is -0.122. The zero-order valence-electron chi connectivity index (χ0n) is 8.88. The molecule has 0 aliphatic rings. The van der Waals surface area contributed by atoms with Gasteiger partial charge in [0.25, 0.3) is 0 Å². The summed E-state index contributed by atoms with van der Waals surface area (Å²) in [5, 5.41) is 2.25. The standard InChI is InChI=1S/C10H12F2N2O2/c1-14-10(15)9(13)5-3-7(12)8(16-2)4-6(5)11/h3-4,9H,13H2,1-2H3,(H,14,15). The molecule has 1 aromatic carbocycles. The smallest absolute Gasteiger partial charge is 0.241 e. The average molecular weight is 230 g/mol. The van der Waals surface area contributed by atoms with E-state index in [9.17, 15) is 13.6 Å². The van der Waals surface area contributed by atoms with Crippen LogP contribution in [0.25, 0.3) is 0 Å². The number of rotatable bonds is 3. The van der Waals surface area contributed by atoms with Crippen LogP contribution in [0.5, 0.6) is 5.75 Å². The van der Waals surface area contributed by atoms with Crippen LogP contribution in [0.4, 0.5) is 8.78 Å². The number of carbonyl (C=O) groups excluding carboxylic acids is 1. The molecule has 0 fully saturated rings. The van der Waals surface area contributed by atoms with Gasteiger partial charge in [0.1, 0.15) is 11.9 Å². The maximum Gasteiger partial charge on any atom is 0.241 e. The summed E-state index contributed by atoms with van der Waals surface area (Å²) in [5.74, 6) is -2.37. The number of hydrogen-bond acceptors (Lipinski definition) is 3. The highest BCUT2D eigenvalue weighted by molar-refractivity contribution is 5.82. The lowest BCUT2D eigenvalue weighted by Gasteiger charge is -2.12. The molecule has 4 nitrogen and oxygen atoms in total. The zero-order valence-corrected chi connectivity index (χ0v) is 8.88. The third-order valence-electron chi connectivity index (χ3n) is 2.14. The Bertz CT molecular complexity index is 410. The summed E-state index contributed by atoms with van der Waals surface area (Å²) in [6.45, 7) is 0. The summed E-state index contributed by atoms with van der Waals surface area (Å²) in [6, 6.07) is 0.465. The minimum absolute atomic E-state index is 0.211. The molecule has 1 rings (SSSR count). The first-order chi connectivity index (χ1) is 7.51. The molecule has 88 valence electrons. The largest absolute Gasteiger partial charge is 0.494 e. The summed E-state index contributed by atoms with van der Waals surface area (Å²) in [7, 11) is 2.58. The van der Waals surface area contributed by atoms with Gasteiger partial charge in [0.05, 0.1) is 7.11 Å². The van der Waals surface area contributed by atoms with Gasteiger partial charge in [0, 0.05) is 18.7 Å². The van der Waals surface area contributed by atoms with E-state index in [0.29, 0.717) is 0 Å². The van der Waals surface area contributed by atoms with E-state index in [-0.39, 0.29) is 11.3 Å². The molecule has 3 N–H and O–H groups in total. The molecule has 6 heteroatoms. The maximum atomic E-state index is 13.5. The highest BCUT2D eigenvalue weighted by Crippen LogP contribution is 2.24. The second-order valence-electron chi connectivity index (χ2n) is 3.10. The van der Waals surface area contributed by atoms with E-state index >= 15 is 0 Å². The van der Waals surface area contributed by atoms with Crippen molar-refractivity contribution in [3.8, 4) is 5.75 Å². The molecule has 0 spiro atoms.